The Balaban J connectivity index is 1.73. The van der Waals surface area contributed by atoms with Gasteiger partial charge in [0.25, 0.3) is 0 Å². The first-order valence-electron chi connectivity index (χ1n) is 7.36. The summed E-state index contributed by atoms with van der Waals surface area (Å²) < 4.78 is 1.88. The second-order valence-electron chi connectivity index (χ2n) is 6.94. The van der Waals surface area contributed by atoms with E-state index >= 15 is 0 Å². The van der Waals surface area contributed by atoms with Gasteiger partial charge in [-0.2, -0.15) is 0 Å². The van der Waals surface area contributed by atoms with Gasteiger partial charge in [0.05, 0.1) is 0 Å². The van der Waals surface area contributed by atoms with Crippen molar-refractivity contribution in [3.8, 4) is 0 Å². The number of hydrogen-bond donors (Lipinski definition) is 0. The maximum atomic E-state index is 2.79. The molecule has 3 aliphatic rings. The molecule has 0 radical (unpaired) electrons. The van der Waals surface area contributed by atoms with Gasteiger partial charge in [-0.25, -0.2) is 0 Å². The summed E-state index contributed by atoms with van der Waals surface area (Å²) in [6, 6.07) is 0. The minimum Gasteiger partial charge on any atom is -0.0823 e. The second-order valence-corrected chi connectivity index (χ2v) is 9.98. The van der Waals surface area contributed by atoms with Crippen LogP contribution in [0.1, 0.15) is 46.0 Å². The van der Waals surface area contributed by atoms with Crippen LogP contribution in [-0.4, -0.2) is 7.85 Å². The largest absolute Gasteiger partial charge is 0.0823 e. The average molecular weight is 458 g/mol. The van der Waals surface area contributed by atoms with E-state index in [1.54, 1.807) is 19.3 Å². The molecule has 2 bridgehead atoms. The summed E-state index contributed by atoms with van der Waals surface area (Å²) in [4.78, 5) is 0. The van der Waals surface area contributed by atoms with Gasteiger partial charge < -0.3 is 0 Å². The molecule has 98 valence electrons. The van der Waals surface area contributed by atoms with E-state index in [0.717, 1.165) is 43.4 Å². The quantitative estimate of drug-likeness (QED) is 0.369. The average Bonchev–Trinajstić information content (AvgIpc) is 2.84. The van der Waals surface area contributed by atoms with Crippen molar-refractivity contribution in [3.05, 3.63) is 0 Å². The maximum Gasteiger partial charge on any atom is 0.0176 e. The summed E-state index contributed by atoms with van der Waals surface area (Å²) in [7, 11) is 0. The van der Waals surface area contributed by atoms with Crippen LogP contribution >= 0.6 is 45.2 Å². The molecule has 2 heteroatoms. The van der Waals surface area contributed by atoms with Crippen LogP contribution < -0.4 is 0 Å². The predicted octanol–water partition coefficient (Wildman–Crippen LogP) is 5.32. The van der Waals surface area contributed by atoms with Crippen molar-refractivity contribution in [1.29, 1.82) is 0 Å². The lowest BCUT2D eigenvalue weighted by Crippen LogP contribution is -2.40. The lowest BCUT2D eigenvalue weighted by Gasteiger charge is -2.43. The molecule has 0 spiro atoms. The fraction of sp³-hybridized carbons (Fsp3) is 1.00. The molecule has 3 rings (SSSR count). The van der Waals surface area contributed by atoms with Gasteiger partial charge in [-0.15, -0.1) is 0 Å². The van der Waals surface area contributed by atoms with Crippen molar-refractivity contribution in [2.24, 2.45) is 35.5 Å². The number of rotatable bonds is 1. The molecule has 3 fully saturated rings. The number of hydrogen-bond acceptors (Lipinski definition) is 0. The number of halogens is 2. The first-order chi connectivity index (χ1) is 8.08. The molecule has 0 aromatic heterocycles. The Morgan fingerprint density at radius 2 is 1.53 bits per heavy atom. The van der Waals surface area contributed by atoms with Crippen molar-refractivity contribution < 1.29 is 0 Å². The summed E-state index contributed by atoms with van der Waals surface area (Å²) in [5.74, 6) is 6.32. The molecule has 0 nitrogen and oxygen atoms in total. The highest BCUT2D eigenvalue weighted by Gasteiger charge is 2.49. The van der Waals surface area contributed by atoms with Crippen LogP contribution in [0.2, 0.25) is 0 Å². The molecule has 3 aliphatic carbocycles. The Morgan fingerprint density at radius 3 is 2.18 bits per heavy atom. The second kappa shape index (κ2) is 5.10. The zero-order valence-electron chi connectivity index (χ0n) is 10.9. The van der Waals surface area contributed by atoms with Crippen molar-refractivity contribution in [3.63, 3.8) is 0 Å². The Morgan fingerprint density at radius 1 is 0.824 bits per heavy atom. The minimum absolute atomic E-state index is 0.932. The van der Waals surface area contributed by atoms with Crippen LogP contribution in [0.5, 0.6) is 0 Å². The van der Waals surface area contributed by atoms with Gasteiger partial charge in [0.2, 0.25) is 0 Å². The predicted molar refractivity (Wildman–Crippen MR) is 91.0 cm³/mol. The lowest BCUT2D eigenvalue weighted by molar-refractivity contribution is 0.141. The third-order valence-corrected chi connectivity index (χ3v) is 9.82. The summed E-state index contributed by atoms with van der Waals surface area (Å²) in [6.45, 7) is 5.02. The summed E-state index contributed by atoms with van der Waals surface area (Å²) in [5.41, 5.74) is 0. The maximum absolute atomic E-state index is 2.79. The SMILES string of the molecule is CC1CC2CC1C(C1CCC(I)C(C)C1I)C2. The molecule has 0 aliphatic heterocycles. The molecule has 0 saturated heterocycles. The van der Waals surface area contributed by atoms with E-state index in [1.165, 1.54) is 12.8 Å². The van der Waals surface area contributed by atoms with E-state index in [-0.39, 0.29) is 0 Å². The van der Waals surface area contributed by atoms with Crippen molar-refractivity contribution in [1.82, 2.24) is 0 Å². The monoisotopic (exact) mass is 458 g/mol. The molecule has 0 heterocycles. The van der Waals surface area contributed by atoms with Gasteiger partial charge in [0.15, 0.2) is 0 Å². The third-order valence-electron chi connectivity index (χ3n) is 6.00. The molecule has 17 heavy (non-hydrogen) atoms. The molecule has 0 N–H and O–H groups in total. The van der Waals surface area contributed by atoms with Gasteiger partial charge in [-0.1, -0.05) is 59.0 Å². The molecule has 8 atom stereocenters. The van der Waals surface area contributed by atoms with E-state index in [9.17, 15) is 0 Å². The zero-order valence-corrected chi connectivity index (χ0v) is 15.2. The van der Waals surface area contributed by atoms with E-state index in [0.29, 0.717) is 0 Å². The van der Waals surface area contributed by atoms with Crippen LogP contribution in [-0.2, 0) is 0 Å². The molecule has 8 unspecified atom stereocenters. The van der Waals surface area contributed by atoms with E-state index < -0.39 is 0 Å². The van der Waals surface area contributed by atoms with Gasteiger partial charge in [0.1, 0.15) is 0 Å². The van der Waals surface area contributed by atoms with Crippen LogP contribution in [0.3, 0.4) is 0 Å². The molecule has 3 saturated carbocycles. The van der Waals surface area contributed by atoms with Crippen LogP contribution in [0.15, 0.2) is 0 Å². The molecule has 0 aromatic rings. The molecular weight excluding hydrogens is 434 g/mol. The summed E-state index contributed by atoms with van der Waals surface area (Å²) >= 11 is 5.49. The smallest absolute Gasteiger partial charge is 0.0176 e. The third kappa shape index (κ3) is 2.31. The first kappa shape index (κ1) is 13.4. The Kier molecular flexibility index (Phi) is 4.03. The Hall–Kier alpha value is 1.46. The van der Waals surface area contributed by atoms with Crippen LogP contribution in [0.25, 0.3) is 0 Å². The molecule has 0 amide bonds. The van der Waals surface area contributed by atoms with Gasteiger partial charge in [-0.05, 0) is 67.6 Å². The highest BCUT2D eigenvalue weighted by atomic mass is 127. The van der Waals surface area contributed by atoms with Crippen LogP contribution in [0.4, 0.5) is 0 Å². The zero-order chi connectivity index (χ0) is 12.2. The Bertz CT molecular complexity index is 291. The van der Waals surface area contributed by atoms with E-state index in [2.05, 4.69) is 59.0 Å². The van der Waals surface area contributed by atoms with Gasteiger partial charge in [-0.3, -0.25) is 0 Å². The van der Waals surface area contributed by atoms with Crippen LogP contribution in [0, 0.1) is 35.5 Å². The summed E-state index contributed by atoms with van der Waals surface area (Å²) in [6.07, 6.45) is 7.70. The minimum atomic E-state index is 0.932. The lowest BCUT2D eigenvalue weighted by atomic mass is 9.68. The number of alkyl halides is 2. The summed E-state index contributed by atoms with van der Waals surface area (Å²) in [5, 5.41) is 0. The highest BCUT2D eigenvalue weighted by Crippen LogP contribution is 2.57. The van der Waals surface area contributed by atoms with Crippen molar-refractivity contribution in [2.45, 2.75) is 53.8 Å². The first-order valence-corrected chi connectivity index (χ1v) is 9.85. The molecule has 0 aromatic carbocycles. The normalized spacial score (nSPS) is 58.6. The fourth-order valence-corrected chi connectivity index (χ4v) is 8.06. The van der Waals surface area contributed by atoms with Gasteiger partial charge >= 0.3 is 0 Å². The number of fused-ring (bicyclic) bond motifs is 2. The van der Waals surface area contributed by atoms with Crippen molar-refractivity contribution in [2.75, 3.05) is 0 Å². The van der Waals surface area contributed by atoms with E-state index in [4.69, 9.17) is 0 Å². The topological polar surface area (TPSA) is 0 Å². The highest BCUT2D eigenvalue weighted by molar-refractivity contribution is 14.1. The van der Waals surface area contributed by atoms with Crippen molar-refractivity contribution >= 4 is 45.2 Å². The fourth-order valence-electron chi connectivity index (χ4n) is 5.07. The molecular formula is C15H24I2. The standard InChI is InChI=1S/C15H24I2/c1-8-5-10-6-12(8)13(7-10)11-3-4-14(16)9(2)15(11)17/h8-15H,3-7H2,1-2H3. The Labute approximate surface area is 133 Å². The van der Waals surface area contributed by atoms with Gasteiger partial charge in [0, 0.05) is 7.85 Å². The van der Waals surface area contributed by atoms with E-state index in [1.807, 2.05) is 0 Å².